The number of allylic oxidation sites excluding steroid dienone is 1. The number of carboxylic acid groups (broad SMARTS) is 1. The molecule has 7 saturated heterocycles. The number of carbonyl (C=O) groups is 5. The molecule has 0 radical (unpaired) electrons. The van der Waals surface area contributed by atoms with Crippen molar-refractivity contribution in [3.05, 3.63) is 12.2 Å². The molecule has 0 aromatic heterocycles. The second-order valence-electron chi connectivity index (χ2n) is 37.7. The van der Waals surface area contributed by atoms with Gasteiger partial charge in [0.1, 0.15) is 165 Å². The summed E-state index contributed by atoms with van der Waals surface area (Å²) in [5, 5.41) is 259. The summed E-state index contributed by atoms with van der Waals surface area (Å²) < 4.78 is 84.7. The predicted octanol–water partition coefficient (Wildman–Crippen LogP) is -2.91. The molecule has 7 aliphatic rings. The first-order valence-electron chi connectivity index (χ1n) is 50.1. The van der Waals surface area contributed by atoms with Gasteiger partial charge in [-0.15, -0.1) is 0 Å². The monoisotopic (exact) mass is 2000 g/mol. The van der Waals surface area contributed by atoms with E-state index in [1.54, 1.807) is 6.08 Å². The maximum atomic E-state index is 14.1. The van der Waals surface area contributed by atoms with E-state index in [0.29, 0.717) is 12.8 Å². The van der Waals surface area contributed by atoms with Crippen molar-refractivity contribution in [3.63, 3.8) is 0 Å². The molecule has 0 aromatic carbocycles. The lowest BCUT2D eigenvalue weighted by Gasteiger charge is -2.53. The van der Waals surface area contributed by atoms with Crippen LogP contribution in [0.1, 0.15) is 259 Å². The van der Waals surface area contributed by atoms with Crippen LogP contribution in [0.25, 0.3) is 0 Å². The normalized spacial score (nSPS) is 36.2. The van der Waals surface area contributed by atoms with Gasteiger partial charge in [0.15, 0.2) is 37.7 Å². The number of hydrogen-bond acceptors (Lipinski definition) is 40. The second kappa shape index (κ2) is 63.3. The summed E-state index contributed by atoms with van der Waals surface area (Å²) in [4.78, 5) is 67.0. The number of aliphatic hydroxyl groups is 21. The van der Waals surface area contributed by atoms with Crippen LogP contribution in [0.5, 0.6) is 0 Å². The highest BCUT2D eigenvalue weighted by molar-refractivity contribution is 5.77. The SMILES string of the molecule is CCCCCCCCCCCCC/C=C/[C@@H](O)[C@H](CO[C@@H]1OC(CO)[C@@H](O[C@@H]2OC(CO)[C@H](O[C@@H]3OC(CO)[C@H](O)[C@H](O[C@@H]4OC(CO)[C@H](O)[C@H](O[C@@H]5OC(CO)[C@@H](O[C@@H]6OC(CO)[C@H](O)[C@H](O)C6O)[C@H](O)C5NC(C)=O)C4O)C3NC(C)=O)[C@H](O[C@]3(C(=O)O)CC(O)[C@@H](NC(C)=O)C([C@H](O)[C@H](O)CO)O3)C2O)[C@H](O)C1O)NC(=O)CCCCCCCCCCCCCCCCCCCCCCC. The van der Waals surface area contributed by atoms with Crippen LogP contribution >= 0.6 is 0 Å². The standard InChI is InChI=1S/C93H166N4O41/c1-6-8-10-12-14-16-18-20-21-22-23-24-25-26-27-29-31-33-35-37-39-41-64(111)97-54(55(108)40-38-36-34-32-30-28-19-17-15-13-11-9-7-2)50-125-88-76(120)74(118)80(62(48-103)130-88)133-91-78(122)85(138-93(92(123)124)42-56(109)65(94-51(3)105)83(137-93)68(112)57(110)43-98)81(63(49-104)131-91)134-87-67(96-53(5)107)82(70(114)59(45-100)126-87)135-90-77(121)84(71(115)60(46-101)128-90)136-86-66(95-52(4)106)72(116)79(61(47-102)129-86)132-89-75(119)73(117)69(113)58(44-99)127-89/h38,40,54-63,65-91,98-104,108-110,112-122H,6-37,39,41-50H2,1-5H3,(H,94,105)(H,95,106)(H,96,107)(H,97,111)(H,123,124)/b40-38+/t54-,55+,56?,57+,58?,59?,60?,61?,62?,63?,65+,66?,67?,68+,69-,70-,71-,72+,73-,74+,75?,76?,77?,78?,79+,80+,81-,82+,83?,84-,85+,86-,87-,88+,89-,90-,91-,93-/m0/s1. The van der Waals surface area contributed by atoms with E-state index in [1.807, 2.05) is 0 Å². The van der Waals surface area contributed by atoms with Gasteiger partial charge in [0.2, 0.25) is 23.6 Å². The van der Waals surface area contributed by atoms with Crippen molar-refractivity contribution in [1.82, 2.24) is 21.3 Å². The smallest absolute Gasteiger partial charge is 0.364 e. The molecule has 7 aliphatic heterocycles. The van der Waals surface area contributed by atoms with Crippen molar-refractivity contribution in [2.75, 3.05) is 52.9 Å². The van der Waals surface area contributed by atoms with E-state index in [4.69, 9.17) is 66.3 Å². The Labute approximate surface area is 807 Å². The third-order valence-corrected chi connectivity index (χ3v) is 26.7. The fraction of sp³-hybridized carbons (Fsp3) is 0.925. The van der Waals surface area contributed by atoms with Crippen LogP contribution in [0.3, 0.4) is 0 Å². The van der Waals surface area contributed by atoms with Crippen molar-refractivity contribution in [2.45, 2.75) is 492 Å². The Hall–Kier alpha value is -4.31. The molecule has 45 nitrogen and oxygen atoms in total. The Morgan fingerprint density at radius 3 is 1.21 bits per heavy atom. The molecular weight excluding hydrogens is 1830 g/mol. The number of unbranched alkanes of at least 4 members (excludes halogenated alkanes) is 31. The molecule has 38 atom stereocenters. The summed E-state index contributed by atoms with van der Waals surface area (Å²) in [5.41, 5.74) is 0. The molecule has 14 unspecified atom stereocenters. The van der Waals surface area contributed by atoms with Gasteiger partial charge in [-0.1, -0.05) is 219 Å². The van der Waals surface area contributed by atoms with Gasteiger partial charge in [0.25, 0.3) is 5.79 Å². The molecule has 7 heterocycles. The molecule has 0 spiro atoms. The molecule has 0 aromatic rings. The topological polar surface area (TPSA) is 708 Å². The van der Waals surface area contributed by atoms with Gasteiger partial charge in [-0.2, -0.15) is 0 Å². The fourth-order valence-corrected chi connectivity index (χ4v) is 18.8. The highest BCUT2D eigenvalue weighted by Gasteiger charge is 2.64. The van der Waals surface area contributed by atoms with Crippen molar-refractivity contribution >= 4 is 29.6 Å². The summed E-state index contributed by atoms with van der Waals surface area (Å²) in [6, 6.07) is -7.01. The maximum absolute atomic E-state index is 14.1. The average molecular weight is 2000 g/mol. The summed E-state index contributed by atoms with van der Waals surface area (Å²) in [5.74, 6) is -8.99. The van der Waals surface area contributed by atoms with Crippen molar-refractivity contribution in [1.29, 1.82) is 0 Å². The van der Waals surface area contributed by atoms with Crippen LogP contribution in [0.15, 0.2) is 12.2 Å². The molecule has 0 saturated carbocycles. The first-order valence-corrected chi connectivity index (χ1v) is 50.1. The molecule has 804 valence electrons. The molecule has 26 N–H and O–H groups in total. The van der Waals surface area contributed by atoms with E-state index in [-0.39, 0.29) is 6.42 Å². The van der Waals surface area contributed by atoms with E-state index in [9.17, 15) is 136 Å². The van der Waals surface area contributed by atoms with Gasteiger partial charge < -0.3 is 200 Å². The quantitative estimate of drug-likeness (QED) is 0.0214. The van der Waals surface area contributed by atoms with Crippen LogP contribution in [0.4, 0.5) is 0 Å². The number of carbonyl (C=O) groups excluding carboxylic acids is 4. The minimum Gasteiger partial charge on any atom is -0.477 e. The Morgan fingerprint density at radius 2 is 0.739 bits per heavy atom. The van der Waals surface area contributed by atoms with Gasteiger partial charge in [0.05, 0.1) is 77.1 Å². The van der Waals surface area contributed by atoms with Gasteiger partial charge in [0, 0.05) is 33.6 Å². The Balaban J connectivity index is 1.11. The lowest BCUT2D eigenvalue weighted by Crippen LogP contribution is -2.72. The van der Waals surface area contributed by atoms with Gasteiger partial charge in [-0.05, 0) is 19.3 Å². The van der Waals surface area contributed by atoms with E-state index < -0.39 is 321 Å². The van der Waals surface area contributed by atoms with E-state index in [1.165, 1.54) is 141 Å². The molecule has 0 bridgehead atoms. The predicted molar refractivity (Wildman–Crippen MR) is 483 cm³/mol. The first kappa shape index (κ1) is 121. The number of aliphatic hydroxyl groups excluding tert-OH is 21. The molecule has 138 heavy (non-hydrogen) atoms. The first-order chi connectivity index (χ1) is 66.1. The van der Waals surface area contributed by atoms with Crippen LogP contribution in [-0.2, 0) is 90.3 Å². The van der Waals surface area contributed by atoms with Crippen molar-refractivity contribution in [3.8, 4) is 0 Å². The Bertz CT molecular complexity index is 3410. The number of ether oxygens (including phenoxy) is 14. The van der Waals surface area contributed by atoms with Crippen LogP contribution in [0.2, 0.25) is 0 Å². The van der Waals surface area contributed by atoms with Crippen molar-refractivity contribution < 1.29 is 203 Å². The zero-order valence-electron chi connectivity index (χ0n) is 80.5. The molecular formula is C93H166N4O41. The van der Waals surface area contributed by atoms with E-state index in [2.05, 4.69) is 35.1 Å². The highest BCUT2D eigenvalue weighted by Crippen LogP contribution is 2.43. The van der Waals surface area contributed by atoms with E-state index >= 15 is 0 Å². The molecule has 45 heteroatoms. The molecule has 7 rings (SSSR count). The summed E-state index contributed by atoms with van der Waals surface area (Å²) >= 11 is 0. The molecule has 7 fully saturated rings. The van der Waals surface area contributed by atoms with Gasteiger partial charge in [-0.3, -0.25) is 19.2 Å². The number of aliphatic carboxylic acids is 1. The number of carboxylic acids is 1. The van der Waals surface area contributed by atoms with Crippen LogP contribution in [0, 0.1) is 0 Å². The largest absolute Gasteiger partial charge is 0.477 e. The zero-order valence-corrected chi connectivity index (χ0v) is 80.5. The highest BCUT2D eigenvalue weighted by atomic mass is 16.8. The third-order valence-electron chi connectivity index (χ3n) is 26.7. The molecule has 4 amide bonds. The maximum Gasteiger partial charge on any atom is 0.364 e. The van der Waals surface area contributed by atoms with Crippen LogP contribution < -0.4 is 21.3 Å². The number of rotatable bonds is 65. The third kappa shape index (κ3) is 36.1. The lowest BCUT2D eigenvalue weighted by molar-refractivity contribution is -0.404. The lowest BCUT2D eigenvalue weighted by atomic mass is 9.88. The van der Waals surface area contributed by atoms with Gasteiger partial charge in [-0.25, -0.2) is 4.79 Å². The summed E-state index contributed by atoms with van der Waals surface area (Å²) in [6.45, 7) is -1.42. The Morgan fingerprint density at radius 1 is 0.377 bits per heavy atom. The average Bonchev–Trinajstić information content (AvgIpc) is 0.753. The second-order valence-corrected chi connectivity index (χ2v) is 37.7. The summed E-state index contributed by atoms with van der Waals surface area (Å²) in [7, 11) is 0. The zero-order chi connectivity index (χ0) is 101. The Kier molecular flexibility index (Phi) is 55.3. The minimum absolute atomic E-state index is 0.0983. The number of amides is 4. The number of hydrogen-bond donors (Lipinski definition) is 26. The number of nitrogens with one attached hydrogen (secondary N) is 4. The van der Waals surface area contributed by atoms with E-state index in [0.717, 1.165) is 85.0 Å². The van der Waals surface area contributed by atoms with Crippen LogP contribution in [-0.4, -0.2) is 427 Å². The fourth-order valence-electron chi connectivity index (χ4n) is 18.8. The molecule has 0 aliphatic carbocycles. The van der Waals surface area contributed by atoms with Gasteiger partial charge >= 0.3 is 5.97 Å². The minimum atomic E-state index is -3.49. The van der Waals surface area contributed by atoms with Crippen molar-refractivity contribution in [2.24, 2.45) is 0 Å². The summed E-state index contributed by atoms with van der Waals surface area (Å²) in [6.07, 6.45) is -30.1.